The highest BCUT2D eigenvalue weighted by Crippen LogP contribution is 2.50. The van der Waals surface area contributed by atoms with Gasteiger partial charge in [0.25, 0.3) is 0 Å². The van der Waals surface area contributed by atoms with Gasteiger partial charge in [0, 0.05) is 34.1 Å². The van der Waals surface area contributed by atoms with E-state index in [1.165, 1.54) is 6.26 Å². The van der Waals surface area contributed by atoms with Crippen LogP contribution in [0.15, 0.2) is 24.4 Å². The first-order chi connectivity index (χ1) is 8.90. The molecule has 1 heterocycles. The van der Waals surface area contributed by atoms with Gasteiger partial charge in [-0.2, -0.15) is 0 Å². The van der Waals surface area contributed by atoms with E-state index in [0.717, 1.165) is 29.3 Å². The number of H-pyrrole nitrogens is 1. The second-order valence-corrected chi connectivity index (χ2v) is 7.54. The minimum atomic E-state index is -3.16. The molecule has 0 atom stereocenters. The van der Waals surface area contributed by atoms with Crippen LogP contribution in [-0.2, 0) is 15.4 Å². The molecule has 2 aromatic rings. The van der Waals surface area contributed by atoms with Gasteiger partial charge < -0.3 is 4.98 Å². The molecule has 0 aliphatic heterocycles. The Bertz CT molecular complexity index is 732. The summed E-state index contributed by atoms with van der Waals surface area (Å²) in [5, 5.41) is 1.78. The molecule has 4 nitrogen and oxygen atoms in total. The lowest BCUT2D eigenvalue weighted by molar-refractivity contribution is 0.573. The maximum atomic E-state index is 11.3. The first kappa shape index (κ1) is 13.0. The quantitative estimate of drug-likeness (QED) is 0.910. The number of aromatic amines is 1. The fourth-order valence-electron chi connectivity index (χ4n) is 2.49. The van der Waals surface area contributed by atoms with Crippen LogP contribution in [0.4, 0.5) is 0 Å². The van der Waals surface area contributed by atoms with Crippen LogP contribution >= 0.6 is 11.6 Å². The van der Waals surface area contributed by atoms with Crippen molar-refractivity contribution in [1.29, 1.82) is 0 Å². The minimum Gasteiger partial charge on any atom is -0.361 e. The Morgan fingerprint density at radius 3 is 2.79 bits per heavy atom. The van der Waals surface area contributed by atoms with Gasteiger partial charge in [-0.25, -0.2) is 13.1 Å². The highest BCUT2D eigenvalue weighted by molar-refractivity contribution is 7.88. The maximum Gasteiger partial charge on any atom is 0.208 e. The lowest BCUT2D eigenvalue weighted by atomic mass is 9.96. The van der Waals surface area contributed by atoms with E-state index >= 15 is 0 Å². The normalized spacial score (nSPS) is 17.8. The molecule has 2 N–H and O–H groups in total. The van der Waals surface area contributed by atoms with E-state index in [4.69, 9.17) is 11.6 Å². The van der Waals surface area contributed by atoms with E-state index in [9.17, 15) is 8.42 Å². The SMILES string of the molecule is CS(=O)(=O)NCC1(c2c[nH]c3ccc(Cl)cc23)CC1. The monoisotopic (exact) mass is 298 g/mol. The third-order valence-corrected chi connectivity index (χ3v) is 4.65. The van der Waals surface area contributed by atoms with E-state index < -0.39 is 10.0 Å². The highest BCUT2D eigenvalue weighted by Gasteiger charge is 2.46. The number of fused-ring (bicyclic) bond motifs is 1. The molecule has 0 spiro atoms. The zero-order chi connectivity index (χ0) is 13.7. The van der Waals surface area contributed by atoms with E-state index in [-0.39, 0.29) is 5.41 Å². The molecule has 1 aliphatic rings. The molecule has 6 heteroatoms. The molecule has 1 aliphatic carbocycles. The molecule has 0 saturated heterocycles. The topological polar surface area (TPSA) is 62.0 Å². The Balaban J connectivity index is 1.97. The van der Waals surface area contributed by atoms with Crippen molar-refractivity contribution < 1.29 is 8.42 Å². The molecule has 0 bridgehead atoms. The Labute approximate surface area is 117 Å². The number of hydrogen-bond donors (Lipinski definition) is 2. The van der Waals surface area contributed by atoms with Crippen LogP contribution in [0.1, 0.15) is 18.4 Å². The first-order valence-corrected chi connectivity index (χ1v) is 8.38. The van der Waals surface area contributed by atoms with Crippen LogP contribution in [0, 0.1) is 0 Å². The van der Waals surface area contributed by atoms with Crippen LogP contribution in [0.3, 0.4) is 0 Å². The summed E-state index contributed by atoms with van der Waals surface area (Å²) in [6, 6.07) is 5.73. The molecule has 102 valence electrons. The maximum absolute atomic E-state index is 11.3. The Morgan fingerprint density at radius 2 is 2.16 bits per heavy atom. The predicted octanol–water partition coefficient (Wildman–Crippen LogP) is 2.40. The average Bonchev–Trinajstić information content (AvgIpc) is 3.00. The Hall–Kier alpha value is -1.04. The van der Waals surface area contributed by atoms with Crippen LogP contribution < -0.4 is 4.72 Å². The second kappa shape index (κ2) is 4.23. The van der Waals surface area contributed by atoms with Crippen LogP contribution in [-0.4, -0.2) is 26.2 Å². The van der Waals surface area contributed by atoms with Gasteiger partial charge in [0.05, 0.1) is 6.26 Å². The molecule has 1 aromatic heterocycles. The van der Waals surface area contributed by atoms with E-state index in [1.807, 2.05) is 24.4 Å². The molecule has 0 unspecified atom stereocenters. The van der Waals surface area contributed by atoms with Crippen molar-refractivity contribution in [1.82, 2.24) is 9.71 Å². The number of aromatic nitrogens is 1. The van der Waals surface area contributed by atoms with Gasteiger partial charge in [0.1, 0.15) is 0 Å². The molecule has 19 heavy (non-hydrogen) atoms. The standard InChI is InChI=1S/C13H15ClN2O2S/c1-19(17,18)16-8-13(4-5-13)11-7-15-12-3-2-9(14)6-10(11)12/h2-3,6-7,15-16H,4-5,8H2,1H3. The summed E-state index contributed by atoms with van der Waals surface area (Å²) < 4.78 is 25.1. The summed E-state index contributed by atoms with van der Waals surface area (Å²) in [6.45, 7) is 0.450. The van der Waals surface area contributed by atoms with Gasteiger partial charge in [-0.1, -0.05) is 11.6 Å². The average molecular weight is 299 g/mol. The smallest absolute Gasteiger partial charge is 0.208 e. The largest absolute Gasteiger partial charge is 0.361 e. The van der Waals surface area contributed by atoms with Crippen molar-refractivity contribution in [2.24, 2.45) is 0 Å². The van der Waals surface area contributed by atoms with Gasteiger partial charge in [0.2, 0.25) is 10.0 Å². The summed E-state index contributed by atoms with van der Waals surface area (Å²) in [4.78, 5) is 3.22. The zero-order valence-corrected chi connectivity index (χ0v) is 12.1. The summed E-state index contributed by atoms with van der Waals surface area (Å²) in [7, 11) is -3.16. The van der Waals surface area contributed by atoms with E-state index in [0.29, 0.717) is 11.6 Å². The van der Waals surface area contributed by atoms with Crippen molar-refractivity contribution in [2.45, 2.75) is 18.3 Å². The Kier molecular flexibility index (Phi) is 2.89. The van der Waals surface area contributed by atoms with Gasteiger partial charge in [-0.15, -0.1) is 0 Å². The van der Waals surface area contributed by atoms with Crippen LogP contribution in [0.2, 0.25) is 5.02 Å². The molecular formula is C13H15ClN2O2S. The van der Waals surface area contributed by atoms with E-state index in [1.54, 1.807) is 0 Å². The number of sulfonamides is 1. The lowest BCUT2D eigenvalue weighted by Gasteiger charge is -2.14. The van der Waals surface area contributed by atoms with Crippen LogP contribution in [0.5, 0.6) is 0 Å². The summed E-state index contributed by atoms with van der Waals surface area (Å²) in [5.41, 5.74) is 2.11. The third-order valence-electron chi connectivity index (χ3n) is 3.74. The van der Waals surface area contributed by atoms with E-state index in [2.05, 4.69) is 9.71 Å². The predicted molar refractivity (Wildman–Crippen MR) is 77.1 cm³/mol. The molecule has 1 saturated carbocycles. The van der Waals surface area contributed by atoms with Crippen molar-refractivity contribution >= 4 is 32.5 Å². The summed E-state index contributed by atoms with van der Waals surface area (Å²) >= 11 is 6.04. The zero-order valence-electron chi connectivity index (χ0n) is 10.5. The molecule has 1 aromatic carbocycles. The summed E-state index contributed by atoms with van der Waals surface area (Å²) in [5.74, 6) is 0. The lowest BCUT2D eigenvalue weighted by Crippen LogP contribution is -2.31. The number of halogens is 1. The molecule has 1 fully saturated rings. The van der Waals surface area contributed by atoms with Crippen molar-refractivity contribution in [3.05, 3.63) is 35.0 Å². The number of benzene rings is 1. The van der Waals surface area contributed by atoms with Gasteiger partial charge in [0.15, 0.2) is 0 Å². The molecule has 0 radical (unpaired) electrons. The van der Waals surface area contributed by atoms with Crippen molar-refractivity contribution in [3.63, 3.8) is 0 Å². The third kappa shape index (κ3) is 2.50. The fourth-order valence-corrected chi connectivity index (χ4v) is 3.20. The highest BCUT2D eigenvalue weighted by atomic mass is 35.5. The molecule has 0 amide bonds. The fraction of sp³-hybridized carbons (Fsp3) is 0.385. The minimum absolute atomic E-state index is 0.0774. The second-order valence-electron chi connectivity index (χ2n) is 5.27. The van der Waals surface area contributed by atoms with Gasteiger partial charge >= 0.3 is 0 Å². The molecular weight excluding hydrogens is 284 g/mol. The number of rotatable bonds is 4. The number of hydrogen-bond acceptors (Lipinski definition) is 2. The van der Waals surface area contributed by atoms with Gasteiger partial charge in [-0.05, 0) is 36.6 Å². The van der Waals surface area contributed by atoms with Crippen LogP contribution in [0.25, 0.3) is 10.9 Å². The van der Waals surface area contributed by atoms with Gasteiger partial charge in [-0.3, -0.25) is 0 Å². The Morgan fingerprint density at radius 1 is 1.42 bits per heavy atom. The summed E-state index contributed by atoms with van der Waals surface area (Å²) in [6.07, 6.45) is 5.15. The van der Waals surface area contributed by atoms with Crippen molar-refractivity contribution in [2.75, 3.05) is 12.8 Å². The first-order valence-electron chi connectivity index (χ1n) is 6.11. The molecule has 3 rings (SSSR count). The van der Waals surface area contributed by atoms with Crippen molar-refractivity contribution in [3.8, 4) is 0 Å². The number of nitrogens with one attached hydrogen (secondary N) is 2.